The van der Waals surface area contributed by atoms with Crippen molar-refractivity contribution in [3.63, 3.8) is 0 Å². The smallest absolute Gasteiger partial charge is 0.163 e. The molecular formula is C12H16OS. The van der Waals surface area contributed by atoms with Gasteiger partial charge in [-0.2, -0.15) is 12.6 Å². The molecule has 0 aromatic heterocycles. The average Bonchev–Trinajstić information content (AvgIpc) is 2.15. The van der Waals surface area contributed by atoms with Gasteiger partial charge < -0.3 is 0 Å². The van der Waals surface area contributed by atoms with Crippen LogP contribution >= 0.6 is 12.6 Å². The number of hydrogen-bond donors (Lipinski definition) is 1. The molecule has 0 saturated heterocycles. The highest BCUT2D eigenvalue weighted by Gasteiger charge is 2.10. The molecule has 0 N–H and O–H groups in total. The van der Waals surface area contributed by atoms with Gasteiger partial charge in [0.15, 0.2) is 5.78 Å². The quantitative estimate of drug-likeness (QED) is 0.596. The van der Waals surface area contributed by atoms with E-state index in [1.54, 1.807) is 0 Å². The second kappa shape index (κ2) is 4.65. The minimum absolute atomic E-state index is 0.195. The zero-order valence-electron chi connectivity index (χ0n) is 8.92. The van der Waals surface area contributed by atoms with Crippen LogP contribution in [-0.4, -0.2) is 11.5 Å². The fourth-order valence-corrected chi connectivity index (χ4v) is 1.70. The summed E-state index contributed by atoms with van der Waals surface area (Å²) >= 11 is 4.07. The van der Waals surface area contributed by atoms with Crippen LogP contribution < -0.4 is 0 Å². The Hall–Kier alpha value is -0.760. The van der Waals surface area contributed by atoms with Gasteiger partial charge in [0, 0.05) is 12.0 Å². The molecule has 0 fully saturated rings. The molecule has 0 bridgehead atoms. The molecule has 1 nitrogen and oxygen atoms in total. The third kappa shape index (κ3) is 2.18. The van der Waals surface area contributed by atoms with E-state index in [4.69, 9.17) is 0 Å². The maximum Gasteiger partial charge on any atom is 0.163 e. The normalized spacial score (nSPS) is 10.3. The molecule has 0 amide bonds. The monoisotopic (exact) mass is 208 g/mol. The average molecular weight is 208 g/mol. The van der Waals surface area contributed by atoms with E-state index in [2.05, 4.69) is 26.5 Å². The molecular weight excluding hydrogens is 192 g/mol. The molecule has 1 aromatic carbocycles. The Morgan fingerprint density at radius 1 is 1.21 bits per heavy atom. The molecule has 0 heterocycles. The molecule has 14 heavy (non-hydrogen) atoms. The lowest BCUT2D eigenvalue weighted by Gasteiger charge is -2.09. The summed E-state index contributed by atoms with van der Waals surface area (Å²) in [7, 11) is 0. The Morgan fingerprint density at radius 3 is 2.43 bits per heavy atom. The minimum atomic E-state index is 0.195. The van der Waals surface area contributed by atoms with Crippen molar-refractivity contribution in [3.8, 4) is 0 Å². The first kappa shape index (κ1) is 11.3. The van der Waals surface area contributed by atoms with Crippen LogP contribution in [0.1, 0.15) is 33.5 Å². The van der Waals surface area contributed by atoms with Crippen LogP contribution in [-0.2, 0) is 0 Å². The van der Waals surface area contributed by atoms with E-state index in [9.17, 15) is 4.79 Å². The van der Waals surface area contributed by atoms with Crippen molar-refractivity contribution in [2.45, 2.75) is 27.2 Å². The molecule has 0 unspecified atom stereocenters. The van der Waals surface area contributed by atoms with Crippen LogP contribution in [0.15, 0.2) is 12.1 Å². The third-order valence-corrected chi connectivity index (χ3v) is 2.92. The fraction of sp³-hybridized carbons (Fsp3) is 0.417. The minimum Gasteiger partial charge on any atom is -0.294 e. The standard InChI is InChI=1S/C12H16OS/c1-8-4-5-11(10(3)9(8)2)12(13)6-7-14/h4-5,14H,6-7H2,1-3H3. The van der Waals surface area contributed by atoms with Gasteiger partial charge in [-0.1, -0.05) is 12.1 Å². The first-order valence-corrected chi connectivity index (χ1v) is 5.42. The number of benzene rings is 1. The summed E-state index contributed by atoms with van der Waals surface area (Å²) in [5.74, 6) is 0.811. The van der Waals surface area contributed by atoms with Crippen LogP contribution in [0.5, 0.6) is 0 Å². The van der Waals surface area contributed by atoms with E-state index >= 15 is 0 Å². The lowest BCUT2D eigenvalue weighted by Crippen LogP contribution is -2.04. The van der Waals surface area contributed by atoms with Crippen molar-refractivity contribution < 1.29 is 4.79 Å². The van der Waals surface area contributed by atoms with Crippen molar-refractivity contribution >= 4 is 18.4 Å². The Labute approximate surface area is 90.9 Å². The molecule has 2 heteroatoms. The predicted molar refractivity (Wildman–Crippen MR) is 63.5 cm³/mol. The topological polar surface area (TPSA) is 17.1 Å². The van der Waals surface area contributed by atoms with Crippen LogP contribution in [0.3, 0.4) is 0 Å². The Balaban J connectivity index is 3.11. The molecule has 0 spiro atoms. The van der Waals surface area contributed by atoms with Gasteiger partial charge in [-0.15, -0.1) is 0 Å². The summed E-state index contributed by atoms with van der Waals surface area (Å²) < 4.78 is 0. The van der Waals surface area contributed by atoms with Gasteiger partial charge in [0.2, 0.25) is 0 Å². The number of rotatable bonds is 3. The van der Waals surface area contributed by atoms with Crippen molar-refractivity contribution in [1.29, 1.82) is 0 Å². The first-order chi connectivity index (χ1) is 6.57. The maximum atomic E-state index is 11.7. The summed E-state index contributed by atoms with van der Waals surface area (Å²) in [6.07, 6.45) is 0.520. The summed E-state index contributed by atoms with van der Waals surface area (Å²) in [4.78, 5) is 11.7. The third-order valence-electron chi connectivity index (χ3n) is 2.70. The molecule has 0 aliphatic heterocycles. The number of aryl methyl sites for hydroxylation is 1. The second-order valence-corrected chi connectivity index (χ2v) is 4.02. The Bertz CT molecular complexity index is 356. The van der Waals surface area contributed by atoms with E-state index in [-0.39, 0.29) is 5.78 Å². The first-order valence-electron chi connectivity index (χ1n) is 4.78. The zero-order chi connectivity index (χ0) is 10.7. The van der Waals surface area contributed by atoms with E-state index in [0.29, 0.717) is 12.2 Å². The van der Waals surface area contributed by atoms with Crippen LogP contribution in [0.25, 0.3) is 0 Å². The van der Waals surface area contributed by atoms with Gasteiger partial charge in [-0.25, -0.2) is 0 Å². The van der Waals surface area contributed by atoms with Crippen LogP contribution in [0, 0.1) is 20.8 Å². The van der Waals surface area contributed by atoms with Gasteiger partial charge in [-0.05, 0) is 43.2 Å². The molecule has 0 aliphatic rings. The number of carbonyl (C=O) groups is 1. The van der Waals surface area contributed by atoms with E-state index in [0.717, 1.165) is 11.1 Å². The van der Waals surface area contributed by atoms with Gasteiger partial charge in [0.1, 0.15) is 0 Å². The lowest BCUT2D eigenvalue weighted by atomic mass is 9.96. The zero-order valence-corrected chi connectivity index (χ0v) is 9.82. The summed E-state index contributed by atoms with van der Waals surface area (Å²) in [5.41, 5.74) is 4.42. The molecule has 0 aliphatic carbocycles. The Kier molecular flexibility index (Phi) is 3.76. The molecule has 1 aromatic rings. The summed E-state index contributed by atoms with van der Waals surface area (Å²) in [5, 5.41) is 0. The highest BCUT2D eigenvalue weighted by Crippen LogP contribution is 2.18. The molecule has 0 radical (unpaired) electrons. The molecule has 0 atom stereocenters. The highest BCUT2D eigenvalue weighted by atomic mass is 32.1. The number of hydrogen-bond acceptors (Lipinski definition) is 2. The Morgan fingerprint density at radius 2 is 1.86 bits per heavy atom. The predicted octanol–water partition coefficient (Wildman–Crippen LogP) is 3.11. The number of carbonyl (C=O) groups excluding carboxylic acids is 1. The summed E-state index contributed by atoms with van der Waals surface area (Å²) in [6.45, 7) is 6.13. The van der Waals surface area contributed by atoms with Crippen molar-refractivity contribution in [2.75, 3.05) is 5.75 Å². The highest BCUT2D eigenvalue weighted by molar-refractivity contribution is 7.80. The van der Waals surface area contributed by atoms with Gasteiger partial charge in [0.25, 0.3) is 0 Å². The van der Waals surface area contributed by atoms with E-state index in [1.165, 1.54) is 11.1 Å². The fourth-order valence-electron chi connectivity index (χ4n) is 1.49. The molecule has 0 saturated carbocycles. The van der Waals surface area contributed by atoms with E-state index in [1.807, 2.05) is 19.1 Å². The van der Waals surface area contributed by atoms with Crippen molar-refractivity contribution in [1.82, 2.24) is 0 Å². The van der Waals surface area contributed by atoms with Crippen LogP contribution in [0.2, 0.25) is 0 Å². The lowest BCUT2D eigenvalue weighted by molar-refractivity contribution is 0.0989. The molecule has 1 rings (SSSR count). The number of thiol groups is 1. The maximum absolute atomic E-state index is 11.7. The van der Waals surface area contributed by atoms with Gasteiger partial charge in [-0.3, -0.25) is 4.79 Å². The summed E-state index contributed by atoms with van der Waals surface area (Å²) in [6, 6.07) is 3.93. The van der Waals surface area contributed by atoms with Gasteiger partial charge >= 0.3 is 0 Å². The van der Waals surface area contributed by atoms with E-state index < -0.39 is 0 Å². The van der Waals surface area contributed by atoms with Crippen molar-refractivity contribution in [3.05, 3.63) is 34.4 Å². The largest absolute Gasteiger partial charge is 0.294 e. The molecule has 76 valence electrons. The number of ketones is 1. The SMILES string of the molecule is Cc1ccc(C(=O)CCS)c(C)c1C. The van der Waals surface area contributed by atoms with Crippen molar-refractivity contribution in [2.24, 2.45) is 0 Å². The number of Topliss-reactive ketones (excluding diaryl/α,β-unsaturated/α-hetero) is 1. The van der Waals surface area contributed by atoms with Crippen LogP contribution in [0.4, 0.5) is 0 Å². The second-order valence-electron chi connectivity index (χ2n) is 3.58. The van der Waals surface area contributed by atoms with Gasteiger partial charge in [0.05, 0.1) is 0 Å².